The van der Waals surface area contributed by atoms with E-state index in [2.05, 4.69) is 30.6 Å². The molecule has 1 aromatic carbocycles. The molecule has 0 atom stereocenters. The van der Waals surface area contributed by atoms with Gasteiger partial charge >= 0.3 is 0 Å². The molecule has 0 bridgehead atoms. The summed E-state index contributed by atoms with van der Waals surface area (Å²) < 4.78 is 11.4. The highest BCUT2D eigenvalue weighted by Crippen LogP contribution is 2.27. The Morgan fingerprint density at radius 2 is 1.93 bits per heavy atom. The van der Waals surface area contributed by atoms with Crippen molar-refractivity contribution in [2.24, 2.45) is 0 Å². The molecule has 0 amide bonds. The van der Waals surface area contributed by atoms with Gasteiger partial charge in [0, 0.05) is 36.7 Å². The molecule has 1 N–H and O–H groups in total. The smallest absolute Gasteiger partial charge is 0.226 e. The molecule has 0 aliphatic carbocycles. The summed E-state index contributed by atoms with van der Waals surface area (Å²) in [5.41, 5.74) is 2.06. The molecule has 0 saturated carbocycles. The van der Waals surface area contributed by atoms with Gasteiger partial charge in [-0.05, 0) is 36.2 Å². The first-order valence-electron chi connectivity index (χ1n) is 9.36. The van der Waals surface area contributed by atoms with E-state index in [1.807, 2.05) is 36.4 Å². The van der Waals surface area contributed by atoms with Crippen LogP contribution in [0.2, 0.25) is 0 Å². The van der Waals surface area contributed by atoms with E-state index < -0.39 is 0 Å². The SMILES string of the molecule is COc1ccc(CNc2nnc(SCCCc3nc(-c4ccncc4)no3)s2)cc1. The van der Waals surface area contributed by atoms with Crippen molar-refractivity contribution < 1.29 is 9.26 Å². The van der Waals surface area contributed by atoms with Crippen LogP contribution in [0.25, 0.3) is 11.4 Å². The van der Waals surface area contributed by atoms with Crippen molar-refractivity contribution in [3.8, 4) is 17.1 Å². The zero-order valence-electron chi connectivity index (χ0n) is 16.3. The van der Waals surface area contributed by atoms with E-state index in [1.54, 1.807) is 42.6 Å². The molecule has 0 unspecified atom stereocenters. The van der Waals surface area contributed by atoms with Crippen LogP contribution >= 0.6 is 23.1 Å². The monoisotopic (exact) mass is 440 g/mol. The number of rotatable bonds is 10. The number of ether oxygens (including phenoxy) is 1. The maximum absolute atomic E-state index is 5.33. The Kier molecular flexibility index (Phi) is 6.88. The molecule has 4 aromatic rings. The fraction of sp³-hybridized carbons (Fsp3) is 0.250. The van der Waals surface area contributed by atoms with Crippen LogP contribution in [0.3, 0.4) is 0 Å². The highest BCUT2D eigenvalue weighted by atomic mass is 32.2. The van der Waals surface area contributed by atoms with Crippen molar-refractivity contribution in [1.82, 2.24) is 25.3 Å². The van der Waals surface area contributed by atoms with Gasteiger partial charge in [0.05, 0.1) is 7.11 Å². The highest BCUT2D eigenvalue weighted by Gasteiger charge is 2.09. The lowest BCUT2D eigenvalue weighted by Gasteiger charge is -2.03. The summed E-state index contributed by atoms with van der Waals surface area (Å²) in [6, 6.07) is 11.7. The molecule has 0 fully saturated rings. The maximum Gasteiger partial charge on any atom is 0.226 e. The molecule has 0 saturated heterocycles. The zero-order chi connectivity index (χ0) is 20.6. The Hall–Kier alpha value is -2.98. The molecule has 3 heterocycles. The summed E-state index contributed by atoms with van der Waals surface area (Å²) in [7, 11) is 1.66. The van der Waals surface area contributed by atoms with Crippen molar-refractivity contribution >= 4 is 28.2 Å². The van der Waals surface area contributed by atoms with E-state index in [-0.39, 0.29) is 0 Å². The average molecular weight is 441 g/mol. The normalized spacial score (nSPS) is 10.8. The van der Waals surface area contributed by atoms with Crippen molar-refractivity contribution in [2.75, 3.05) is 18.2 Å². The van der Waals surface area contributed by atoms with Crippen molar-refractivity contribution in [1.29, 1.82) is 0 Å². The lowest BCUT2D eigenvalue weighted by atomic mass is 10.2. The number of methoxy groups -OCH3 is 1. The third kappa shape index (κ3) is 5.55. The Balaban J connectivity index is 1.19. The van der Waals surface area contributed by atoms with Crippen LogP contribution in [0.1, 0.15) is 17.9 Å². The predicted molar refractivity (Wildman–Crippen MR) is 117 cm³/mol. The number of anilines is 1. The van der Waals surface area contributed by atoms with Crippen molar-refractivity contribution in [2.45, 2.75) is 23.7 Å². The Morgan fingerprint density at radius 1 is 1.10 bits per heavy atom. The number of aromatic nitrogens is 5. The lowest BCUT2D eigenvalue weighted by Crippen LogP contribution is -1.98. The number of thioether (sulfide) groups is 1. The molecule has 3 aromatic heterocycles. The highest BCUT2D eigenvalue weighted by molar-refractivity contribution is 8.01. The van der Waals surface area contributed by atoms with Crippen LogP contribution < -0.4 is 10.1 Å². The second-order valence-corrected chi connectivity index (χ2v) is 8.59. The standard InChI is InChI=1S/C20H20N6O2S2/c1-27-16-6-4-14(5-7-16)13-22-19-24-25-20(30-19)29-12-2-3-17-23-18(26-28-17)15-8-10-21-11-9-15/h4-11H,2-3,12-13H2,1H3,(H,22,24). The van der Waals surface area contributed by atoms with E-state index in [0.29, 0.717) is 18.3 Å². The first-order chi connectivity index (χ1) is 14.8. The van der Waals surface area contributed by atoms with E-state index in [1.165, 1.54) is 0 Å². The molecule has 4 rings (SSSR count). The Labute approximate surface area is 182 Å². The average Bonchev–Trinajstić information content (AvgIpc) is 3.46. The van der Waals surface area contributed by atoms with Crippen molar-refractivity contribution in [3.05, 3.63) is 60.2 Å². The van der Waals surface area contributed by atoms with Gasteiger partial charge in [0.1, 0.15) is 5.75 Å². The van der Waals surface area contributed by atoms with Gasteiger partial charge in [-0.25, -0.2) is 0 Å². The molecular formula is C20H20N6O2S2. The van der Waals surface area contributed by atoms with Crippen LogP contribution in [0, 0.1) is 0 Å². The zero-order valence-corrected chi connectivity index (χ0v) is 17.9. The number of hydrogen-bond acceptors (Lipinski definition) is 10. The van der Waals surface area contributed by atoms with E-state index >= 15 is 0 Å². The summed E-state index contributed by atoms with van der Waals surface area (Å²) in [5.74, 6) is 2.99. The van der Waals surface area contributed by atoms with Gasteiger partial charge in [0.25, 0.3) is 0 Å². The minimum absolute atomic E-state index is 0.594. The summed E-state index contributed by atoms with van der Waals surface area (Å²) >= 11 is 3.24. The van der Waals surface area contributed by atoms with Gasteiger partial charge < -0.3 is 14.6 Å². The number of nitrogens with one attached hydrogen (secondary N) is 1. The first kappa shape index (κ1) is 20.3. The molecule has 30 heavy (non-hydrogen) atoms. The largest absolute Gasteiger partial charge is 0.497 e. The van der Waals surface area contributed by atoms with Gasteiger partial charge in [-0.3, -0.25) is 4.98 Å². The van der Waals surface area contributed by atoms with Gasteiger partial charge in [-0.15, -0.1) is 10.2 Å². The molecule has 8 nitrogen and oxygen atoms in total. The quantitative estimate of drug-likeness (QED) is 0.285. The molecule has 0 aliphatic heterocycles. The third-order valence-electron chi connectivity index (χ3n) is 4.18. The molecule has 154 valence electrons. The van der Waals surface area contributed by atoms with Crippen LogP contribution in [0.5, 0.6) is 5.75 Å². The van der Waals surface area contributed by atoms with Gasteiger partial charge in [-0.2, -0.15) is 4.98 Å². The summed E-state index contributed by atoms with van der Waals surface area (Å²) in [4.78, 5) is 8.43. The minimum Gasteiger partial charge on any atom is -0.497 e. The van der Waals surface area contributed by atoms with Gasteiger partial charge in [-0.1, -0.05) is 40.4 Å². The van der Waals surface area contributed by atoms with Crippen LogP contribution in [0.4, 0.5) is 5.13 Å². The number of aryl methyl sites for hydroxylation is 1. The van der Waals surface area contributed by atoms with E-state index in [4.69, 9.17) is 9.26 Å². The van der Waals surface area contributed by atoms with Crippen LogP contribution in [0.15, 0.2) is 57.7 Å². The number of hydrogen-bond donors (Lipinski definition) is 1. The van der Waals surface area contributed by atoms with Gasteiger partial charge in [0.2, 0.25) is 16.8 Å². The fourth-order valence-corrected chi connectivity index (χ4v) is 4.38. The molecule has 10 heteroatoms. The van der Waals surface area contributed by atoms with E-state index in [9.17, 15) is 0 Å². The molecule has 0 radical (unpaired) electrons. The maximum atomic E-state index is 5.33. The number of benzene rings is 1. The second kappa shape index (κ2) is 10.2. The van der Waals surface area contributed by atoms with Crippen molar-refractivity contribution in [3.63, 3.8) is 0 Å². The Morgan fingerprint density at radius 3 is 2.73 bits per heavy atom. The minimum atomic E-state index is 0.594. The predicted octanol–water partition coefficient (Wildman–Crippen LogP) is 4.33. The summed E-state index contributed by atoms with van der Waals surface area (Å²) in [5, 5.41) is 16.6. The summed E-state index contributed by atoms with van der Waals surface area (Å²) in [6.45, 7) is 0.695. The lowest BCUT2D eigenvalue weighted by molar-refractivity contribution is 0.378. The van der Waals surface area contributed by atoms with Crippen LogP contribution in [-0.4, -0.2) is 38.2 Å². The first-order valence-corrected chi connectivity index (χ1v) is 11.2. The van der Waals surface area contributed by atoms with Gasteiger partial charge in [0.15, 0.2) is 4.34 Å². The second-order valence-electron chi connectivity index (χ2n) is 6.27. The molecular weight excluding hydrogens is 420 g/mol. The summed E-state index contributed by atoms with van der Waals surface area (Å²) in [6.07, 6.45) is 5.07. The van der Waals surface area contributed by atoms with Crippen LogP contribution in [-0.2, 0) is 13.0 Å². The fourth-order valence-electron chi connectivity index (χ4n) is 2.62. The molecule has 0 aliphatic rings. The molecule has 0 spiro atoms. The van der Waals surface area contributed by atoms with E-state index in [0.717, 1.165) is 44.9 Å². The third-order valence-corrected chi connectivity index (χ3v) is 6.28. The number of pyridine rings is 1. The topological polar surface area (TPSA) is 98.8 Å². The number of nitrogens with zero attached hydrogens (tertiary/aromatic N) is 5. The Bertz CT molecular complexity index is 1050.